The number of hydrogen-bond acceptors (Lipinski definition) is 6. The zero-order valence-electron chi connectivity index (χ0n) is 10.2. The monoisotopic (exact) mass is 296 g/mol. The highest BCUT2D eigenvalue weighted by atomic mass is 35.5. The van der Waals surface area contributed by atoms with E-state index in [1.54, 1.807) is 0 Å². The second-order valence-electron chi connectivity index (χ2n) is 3.82. The largest absolute Gasteiger partial charge is 0.403 e. The van der Waals surface area contributed by atoms with Crippen molar-refractivity contribution >= 4 is 29.2 Å². The van der Waals surface area contributed by atoms with Gasteiger partial charge in [-0.25, -0.2) is 0 Å². The summed E-state index contributed by atoms with van der Waals surface area (Å²) in [6.45, 7) is 1.50. The van der Waals surface area contributed by atoms with Crippen LogP contribution in [0, 0.1) is 10.1 Å². The number of anilines is 1. The van der Waals surface area contributed by atoms with Gasteiger partial charge in [0.05, 0.1) is 4.92 Å². The topological polar surface area (TPSA) is 111 Å². The van der Waals surface area contributed by atoms with Crippen molar-refractivity contribution < 1.29 is 14.1 Å². The molecule has 20 heavy (non-hydrogen) atoms. The molecular weight excluding hydrogens is 288 g/mol. The summed E-state index contributed by atoms with van der Waals surface area (Å²) in [5, 5.41) is 19.5. The Balaban J connectivity index is 2.16. The van der Waals surface area contributed by atoms with E-state index in [1.165, 1.54) is 31.2 Å². The fourth-order valence-corrected chi connectivity index (χ4v) is 1.38. The van der Waals surface area contributed by atoms with Crippen molar-refractivity contribution in [1.82, 2.24) is 10.2 Å². The second kappa shape index (κ2) is 5.66. The lowest BCUT2D eigenvalue weighted by atomic mass is 10.2. The Kier molecular flexibility index (Phi) is 3.94. The highest BCUT2D eigenvalue weighted by Gasteiger charge is 2.15. The molecule has 1 aromatic heterocycles. The second-order valence-corrected chi connectivity index (χ2v) is 4.48. The Morgan fingerprint density at radius 2 is 2.05 bits per heavy atom. The molecule has 1 amide bonds. The lowest BCUT2D eigenvalue weighted by Gasteiger charge is -2.00. The average Bonchev–Trinajstić information content (AvgIpc) is 2.87. The van der Waals surface area contributed by atoms with E-state index in [9.17, 15) is 14.9 Å². The maximum absolute atomic E-state index is 11.3. The van der Waals surface area contributed by atoms with Gasteiger partial charge in [-0.15, -0.1) is 16.7 Å². The molecule has 2 aromatic rings. The molecule has 0 unspecified atom stereocenters. The minimum Gasteiger partial charge on any atom is -0.403 e. The third kappa shape index (κ3) is 3.09. The number of benzene rings is 1. The number of alkyl halides is 1. The van der Waals surface area contributed by atoms with Gasteiger partial charge < -0.3 is 4.42 Å². The number of rotatable bonds is 4. The standard InChI is InChI=1S/C11H9ClN4O4/c1-6(12)9(17)13-11-15-14-10(20-11)7-2-4-8(5-3-7)16(18)19/h2-6H,1H3,(H,13,15,17)/t6-/m0/s1. The van der Waals surface area contributed by atoms with E-state index in [0.29, 0.717) is 5.56 Å². The predicted octanol–water partition coefficient (Wildman–Crippen LogP) is 2.21. The van der Waals surface area contributed by atoms with E-state index in [-0.39, 0.29) is 17.6 Å². The number of non-ortho nitro benzene ring substituents is 1. The molecule has 0 saturated carbocycles. The first-order valence-corrected chi connectivity index (χ1v) is 5.94. The number of nitro benzene ring substituents is 1. The number of nitrogens with zero attached hydrogens (tertiary/aromatic N) is 3. The Morgan fingerprint density at radius 1 is 1.40 bits per heavy atom. The number of halogens is 1. The van der Waals surface area contributed by atoms with E-state index < -0.39 is 16.2 Å². The molecule has 0 aliphatic carbocycles. The highest BCUT2D eigenvalue weighted by molar-refractivity contribution is 6.32. The fourth-order valence-electron chi connectivity index (χ4n) is 1.32. The zero-order valence-corrected chi connectivity index (χ0v) is 11.0. The summed E-state index contributed by atoms with van der Waals surface area (Å²) >= 11 is 5.58. The van der Waals surface area contributed by atoms with Crippen LogP contribution in [0.15, 0.2) is 28.7 Å². The van der Waals surface area contributed by atoms with Gasteiger partial charge in [0.15, 0.2) is 0 Å². The lowest BCUT2D eigenvalue weighted by Crippen LogP contribution is -2.20. The van der Waals surface area contributed by atoms with Gasteiger partial charge in [-0.2, -0.15) is 0 Å². The van der Waals surface area contributed by atoms with Crippen LogP contribution >= 0.6 is 11.6 Å². The molecule has 1 atom stereocenters. The first-order valence-electron chi connectivity index (χ1n) is 5.50. The molecule has 0 spiro atoms. The molecule has 0 radical (unpaired) electrons. The van der Waals surface area contributed by atoms with Crippen LogP contribution in [0.1, 0.15) is 6.92 Å². The van der Waals surface area contributed by atoms with Crippen LogP contribution in [-0.2, 0) is 4.79 Å². The quantitative estimate of drug-likeness (QED) is 0.526. The maximum Gasteiger partial charge on any atom is 0.322 e. The predicted molar refractivity (Wildman–Crippen MR) is 70.3 cm³/mol. The first-order chi connectivity index (χ1) is 9.47. The van der Waals surface area contributed by atoms with Crippen molar-refractivity contribution in [3.05, 3.63) is 34.4 Å². The minimum atomic E-state index is -0.732. The lowest BCUT2D eigenvalue weighted by molar-refractivity contribution is -0.384. The summed E-state index contributed by atoms with van der Waals surface area (Å²) in [7, 11) is 0. The summed E-state index contributed by atoms with van der Waals surface area (Å²) in [4.78, 5) is 21.4. The Bertz CT molecular complexity index is 638. The molecule has 104 valence electrons. The van der Waals surface area contributed by atoms with Crippen molar-refractivity contribution in [2.24, 2.45) is 0 Å². The number of carbonyl (C=O) groups is 1. The minimum absolute atomic E-state index is 0.0437. The highest BCUT2D eigenvalue weighted by Crippen LogP contribution is 2.22. The van der Waals surface area contributed by atoms with E-state index in [1.807, 2.05) is 0 Å². The van der Waals surface area contributed by atoms with Gasteiger partial charge in [0, 0.05) is 17.7 Å². The zero-order chi connectivity index (χ0) is 14.7. The van der Waals surface area contributed by atoms with Gasteiger partial charge in [-0.3, -0.25) is 20.2 Å². The number of aromatic nitrogens is 2. The molecule has 0 bridgehead atoms. The molecular formula is C11H9ClN4O4. The third-order valence-electron chi connectivity index (χ3n) is 2.34. The van der Waals surface area contributed by atoms with E-state index >= 15 is 0 Å². The molecule has 0 aliphatic heterocycles. The number of hydrogen-bond donors (Lipinski definition) is 1. The number of carbonyl (C=O) groups excluding carboxylic acids is 1. The Hall–Kier alpha value is -2.48. The summed E-state index contributed by atoms with van der Waals surface area (Å²) in [5.41, 5.74) is 0.459. The molecule has 8 nitrogen and oxygen atoms in total. The maximum atomic E-state index is 11.3. The van der Waals surface area contributed by atoms with Crippen LogP contribution in [0.25, 0.3) is 11.5 Å². The van der Waals surface area contributed by atoms with Crippen molar-refractivity contribution in [1.29, 1.82) is 0 Å². The van der Waals surface area contributed by atoms with Gasteiger partial charge in [-0.1, -0.05) is 5.10 Å². The van der Waals surface area contributed by atoms with Crippen LogP contribution in [-0.4, -0.2) is 26.4 Å². The normalized spacial score (nSPS) is 11.9. The Morgan fingerprint density at radius 3 is 2.60 bits per heavy atom. The summed E-state index contributed by atoms with van der Waals surface area (Å²) in [6, 6.07) is 5.50. The van der Waals surface area contributed by atoms with E-state index in [2.05, 4.69) is 15.5 Å². The number of amides is 1. The average molecular weight is 297 g/mol. The number of nitro groups is 1. The molecule has 0 saturated heterocycles. The summed E-state index contributed by atoms with van der Waals surface area (Å²) in [6.07, 6.45) is 0. The molecule has 2 rings (SSSR count). The van der Waals surface area contributed by atoms with Crippen LogP contribution in [0.2, 0.25) is 0 Å². The summed E-state index contributed by atoms with van der Waals surface area (Å²) in [5.74, 6) is -0.331. The van der Waals surface area contributed by atoms with E-state index in [4.69, 9.17) is 16.0 Å². The molecule has 1 heterocycles. The number of nitrogens with one attached hydrogen (secondary N) is 1. The van der Waals surface area contributed by atoms with Crippen LogP contribution in [0.5, 0.6) is 0 Å². The van der Waals surface area contributed by atoms with Gasteiger partial charge in [0.2, 0.25) is 11.8 Å². The third-order valence-corrected chi connectivity index (χ3v) is 2.54. The van der Waals surface area contributed by atoms with Gasteiger partial charge in [0.25, 0.3) is 5.69 Å². The van der Waals surface area contributed by atoms with Gasteiger partial charge >= 0.3 is 6.01 Å². The molecule has 0 fully saturated rings. The summed E-state index contributed by atoms with van der Waals surface area (Å²) < 4.78 is 5.21. The van der Waals surface area contributed by atoms with Crippen LogP contribution in [0.3, 0.4) is 0 Å². The SMILES string of the molecule is C[C@H](Cl)C(=O)Nc1nnc(-c2ccc([N+](=O)[O-])cc2)o1. The van der Waals surface area contributed by atoms with Crippen molar-refractivity contribution in [3.63, 3.8) is 0 Å². The van der Waals surface area contributed by atoms with Crippen LogP contribution in [0.4, 0.5) is 11.7 Å². The first kappa shape index (κ1) is 13.9. The van der Waals surface area contributed by atoms with Crippen molar-refractivity contribution in [2.75, 3.05) is 5.32 Å². The fraction of sp³-hybridized carbons (Fsp3) is 0.182. The van der Waals surface area contributed by atoms with Crippen molar-refractivity contribution in [2.45, 2.75) is 12.3 Å². The van der Waals surface area contributed by atoms with Crippen LogP contribution < -0.4 is 5.32 Å². The molecule has 1 N–H and O–H groups in total. The molecule has 9 heteroatoms. The van der Waals surface area contributed by atoms with Crippen molar-refractivity contribution in [3.8, 4) is 11.5 Å². The molecule has 1 aromatic carbocycles. The van der Waals surface area contributed by atoms with Gasteiger partial charge in [0.1, 0.15) is 5.38 Å². The van der Waals surface area contributed by atoms with E-state index in [0.717, 1.165) is 0 Å². The molecule has 0 aliphatic rings. The Labute approximate surface area is 117 Å². The van der Waals surface area contributed by atoms with Gasteiger partial charge in [-0.05, 0) is 19.1 Å². The smallest absolute Gasteiger partial charge is 0.322 e.